The van der Waals surface area contributed by atoms with Gasteiger partial charge in [0.25, 0.3) is 0 Å². The topological polar surface area (TPSA) is 196 Å². The smallest absolute Gasteiger partial charge is 0.335 e. The van der Waals surface area contributed by atoms with E-state index in [0.717, 1.165) is 0 Å². The summed E-state index contributed by atoms with van der Waals surface area (Å²) >= 11 is 0. The van der Waals surface area contributed by atoms with Gasteiger partial charge in [0.05, 0.1) is 12.5 Å². The number of aliphatic hydroxyl groups excluding tert-OH is 3. The molecule has 3 aromatic rings. The zero-order valence-corrected chi connectivity index (χ0v) is 17.5. The van der Waals surface area contributed by atoms with Gasteiger partial charge in [0.1, 0.15) is 29.6 Å². The van der Waals surface area contributed by atoms with E-state index in [2.05, 4.69) is 0 Å². The molecule has 1 fully saturated rings. The molecule has 0 saturated carbocycles. The molecule has 2 heterocycles. The molecule has 5 atom stereocenters. The van der Waals surface area contributed by atoms with E-state index in [1.807, 2.05) is 0 Å². The molecule has 0 bridgehead atoms. The molecular formula is C22H20O12. The molecule has 180 valence electrons. The standard InChI is InChI=1S/C22H20O12/c1-31-13-6-8(2-5-11(13)24)18-19(14(25)10-4-3-9(23)7-12(10)32-18)33-22-17(28)15(26)16(27)20(34-22)21(29)30/h2-7,15-17,20,22-24,26-28H,1H3,(H,29,30)/t15-,16-,17+,20-,22?/m0/s1. The second kappa shape index (κ2) is 8.83. The number of phenols is 2. The largest absolute Gasteiger partial charge is 0.508 e. The molecule has 12 heteroatoms. The zero-order valence-electron chi connectivity index (χ0n) is 17.5. The first kappa shape index (κ1) is 23.3. The average Bonchev–Trinajstić information content (AvgIpc) is 2.80. The van der Waals surface area contributed by atoms with Gasteiger partial charge in [0.2, 0.25) is 17.5 Å². The Bertz CT molecular complexity index is 1300. The molecule has 12 nitrogen and oxygen atoms in total. The van der Waals surface area contributed by atoms with Crippen LogP contribution in [0.2, 0.25) is 0 Å². The molecule has 34 heavy (non-hydrogen) atoms. The quantitative estimate of drug-likeness (QED) is 0.292. The SMILES string of the molecule is COc1cc(-c2oc3cc(O)ccc3c(=O)c2OC2O[C@H](C(=O)O)[C@@H](O)[C@H](O)[C@H]2O)ccc1O. The first-order valence-electron chi connectivity index (χ1n) is 9.88. The van der Waals surface area contributed by atoms with E-state index < -0.39 is 47.9 Å². The van der Waals surface area contributed by atoms with Gasteiger partial charge in [-0.3, -0.25) is 4.79 Å². The number of rotatable bonds is 5. The van der Waals surface area contributed by atoms with Crippen molar-refractivity contribution in [2.75, 3.05) is 7.11 Å². The summed E-state index contributed by atoms with van der Waals surface area (Å²) in [6.45, 7) is 0. The van der Waals surface area contributed by atoms with E-state index in [-0.39, 0.29) is 39.5 Å². The molecule has 0 aliphatic carbocycles. The van der Waals surface area contributed by atoms with Crippen LogP contribution in [-0.4, -0.2) is 74.4 Å². The van der Waals surface area contributed by atoms with Crippen LogP contribution < -0.4 is 14.9 Å². The lowest BCUT2D eigenvalue weighted by Crippen LogP contribution is -2.61. The maximum atomic E-state index is 13.3. The van der Waals surface area contributed by atoms with Crippen LogP contribution in [0, 0.1) is 0 Å². The molecule has 1 aromatic heterocycles. The lowest BCUT2D eigenvalue weighted by Gasteiger charge is -2.38. The highest BCUT2D eigenvalue weighted by Gasteiger charge is 2.48. The summed E-state index contributed by atoms with van der Waals surface area (Å²) in [5, 5.41) is 59.2. The van der Waals surface area contributed by atoms with Gasteiger partial charge in [-0.2, -0.15) is 0 Å². The average molecular weight is 476 g/mol. The van der Waals surface area contributed by atoms with Crippen LogP contribution in [0.3, 0.4) is 0 Å². The summed E-state index contributed by atoms with van der Waals surface area (Å²) < 4.78 is 21.5. The Labute approximate surface area is 190 Å². The molecule has 6 N–H and O–H groups in total. The maximum absolute atomic E-state index is 13.3. The minimum atomic E-state index is -1.96. The van der Waals surface area contributed by atoms with Crippen LogP contribution >= 0.6 is 0 Å². The van der Waals surface area contributed by atoms with Gasteiger partial charge in [-0.15, -0.1) is 0 Å². The number of hydrogen-bond donors (Lipinski definition) is 6. The summed E-state index contributed by atoms with van der Waals surface area (Å²) in [7, 11) is 1.30. The van der Waals surface area contributed by atoms with Gasteiger partial charge >= 0.3 is 5.97 Å². The number of carbonyl (C=O) groups is 1. The van der Waals surface area contributed by atoms with Crippen LogP contribution in [0.5, 0.6) is 23.0 Å². The Morgan fingerprint density at radius 3 is 2.41 bits per heavy atom. The van der Waals surface area contributed by atoms with Crippen LogP contribution in [0.4, 0.5) is 0 Å². The predicted molar refractivity (Wildman–Crippen MR) is 113 cm³/mol. The number of ether oxygens (including phenoxy) is 3. The van der Waals surface area contributed by atoms with Crippen molar-refractivity contribution >= 4 is 16.9 Å². The predicted octanol–water partition coefficient (Wildman–Crippen LogP) is 0.151. The molecule has 0 spiro atoms. The lowest BCUT2D eigenvalue weighted by molar-refractivity contribution is -0.271. The van der Waals surface area contributed by atoms with Crippen LogP contribution in [-0.2, 0) is 9.53 Å². The highest BCUT2D eigenvalue weighted by Crippen LogP contribution is 2.38. The van der Waals surface area contributed by atoms with Crippen molar-refractivity contribution in [3.05, 3.63) is 46.6 Å². The molecule has 0 amide bonds. The number of aromatic hydroxyl groups is 2. The summed E-state index contributed by atoms with van der Waals surface area (Å²) in [5.74, 6) is -2.75. The van der Waals surface area contributed by atoms with Gasteiger partial charge < -0.3 is 49.3 Å². The highest BCUT2D eigenvalue weighted by molar-refractivity contribution is 5.83. The van der Waals surface area contributed by atoms with Crippen molar-refractivity contribution in [3.8, 4) is 34.3 Å². The Kier molecular flexibility index (Phi) is 6.06. The van der Waals surface area contributed by atoms with Crippen LogP contribution in [0.25, 0.3) is 22.3 Å². The van der Waals surface area contributed by atoms with Crippen molar-refractivity contribution in [1.29, 1.82) is 0 Å². The molecule has 1 aliphatic rings. The first-order chi connectivity index (χ1) is 16.1. The summed E-state index contributed by atoms with van der Waals surface area (Å²) in [6, 6.07) is 7.64. The lowest BCUT2D eigenvalue weighted by atomic mass is 9.99. The van der Waals surface area contributed by atoms with E-state index in [4.69, 9.17) is 18.6 Å². The van der Waals surface area contributed by atoms with Gasteiger partial charge in [0.15, 0.2) is 23.4 Å². The van der Waals surface area contributed by atoms with Crippen molar-refractivity contribution < 1.29 is 54.1 Å². The van der Waals surface area contributed by atoms with Gasteiger partial charge in [-0.25, -0.2) is 4.79 Å². The first-order valence-corrected chi connectivity index (χ1v) is 9.88. The third-order valence-corrected chi connectivity index (χ3v) is 5.32. The van der Waals surface area contributed by atoms with Crippen LogP contribution in [0.15, 0.2) is 45.6 Å². The maximum Gasteiger partial charge on any atom is 0.335 e. The molecule has 1 aliphatic heterocycles. The second-order valence-corrected chi connectivity index (χ2v) is 7.51. The van der Waals surface area contributed by atoms with E-state index in [1.54, 1.807) is 0 Å². The number of aliphatic hydroxyl groups is 3. The second-order valence-electron chi connectivity index (χ2n) is 7.51. The van der Waals surface area contributed by atoms with Crippen molar-refractivity contribution in [3.63, 3.8) is 0 Å². The van der Waals surface area contributed by atoms with Gasteiger partial charge in [-0.1, -0.05) is 0 Å². The number of phenolic OH excluding ortho intramolecular Hbond substituents is 2. The number of fused-ring (bicyclic) bond motifs is 1. The fourth-order valence-electron chi connectivity index (χ4n) is 3.55. The molecule has 1 saturated heterocycles. The zero-order chi connectivity index (χ0) is 24.7. The third-order valence-electron chi connectivity index (χ3n) is 5.32. The number of benzene rings is 2. The molecule has 1 unspecified atom stereocenters. The summed E-state index contributed by atoms with van der Waals surface area (Å²) in [5.41, 5.74) is -0.623. The normalized spacial score (nSPS) is 24.6. The Morgan fingerprint density at radius 2 is 1.74 bits per heavy atom. The minimum Gasteiger partial charge on any atom is -0.508 e. The van der Waals surface area contributed by atoms with Gasteiger partial charge in [0, 0.05) is 11.6 Å². The molecular weight excluding hydrogens is 456 g/mol. The molecule has 0 radical (unpaired) electrons. The Hall–Kier alpha value is -3.84. The number of hydrogen-bond acceptors (Lipinski definition) is 11. The fraction of sp³-hybridized carbons (Fsp3) is 0.273. The highest BCUT2D eigenvalue weighted by atomic mass is 16.7. The Morgan fingerprint density at radius 1 is 1.00 bits per heavy atom. The van der Waals surface area contributed by atoms with Gasteiger partial charge in [-0.05, 0) is 30.3 Å². The number of aliphatic carboxylic acids is 1. The van der Waals surface area contributed by atoms with E-state index in [1.165, 1.54) is 43.5 Å². The summed E-state index contributed by atoms with van der Waals surface area (Å²) in [6.07, 6.45) is -9.67. The minimum absolute atomic E-state index is 0.0247. The molecule has 2 aromatic carbocycles. The van der Waals surface area contributed by atoms with E-state index in [9.17, 15) is 40.2 Å². The number of methoxy groups -OCH3 is 1. The third kappa shape index (κ3) is 3.99. The monoisotopic (exact) mass is 476 g/mol. The number of carboxylic acid groups (broad SMARTS) is 1. The van der Waals surface area contributed by atoms with Crippen molar-refractivity contribution in [2.24, 2.45) is 0 Å². The van der Waals surface area contributed by atoms with E-state index in [0.29, 0.717) is 0 Å². The van der Waals surface area contributed by atoms with Crippen LogP contribution in [0.1, 0.15) is 0 Å². The van der Waals surface area contributed by atoms with E-state index >= 15 is 0 Å². The fourth-order valence-corrected chi connectivity index (χ4v) is 3.55. The Balaban J connectivity index is 1.88. The number of carboxylic acids is 1. The van der Waals surface area contributed by atoms with Crippen molar-refractivity contribution in [2.45, 2.75) is 30.7 Å². The summed E-state index contributed by atoms with van der Waals surface area (Å²) in [4.78, 5) is 24.7. The van der Waals surface area contributed by atoms with Crippen molar-refractivity contribution in [1.82, 2.24) is 0 Å². The molecule has 4 rings (SSSR count).